The number of anilines is 1. The van der Waals surface area contributed by atoms with E-state index in [0.717, 1.165) is 10.8 Å². The minimum atomic E-state index is 0.489. The number of nitrogens with two attached hydrogens (primary N) is 1. The Hall–Kier alpha value is -2.33. The molecule has 2 N–H and O–H groups in total. The zero-order chi connectivity index (χ0) is 14.5. The van der Waals surface area contributed by atoms with Crippen molar-refractivity contribution in [3.63, 3.8) is 0 Å². The number of aromatic nitrogens is 2. The van der Waals surface area contributed by atoms with Crippen LogP contribution in [0.2, 0.25) is 0 Å². The Kier molecular flexibility index (Phi) is 4.17. The highest BCUT2D eigenvalue weighted by molar-refractivity contribution is 7.98. The summed E-state index contributed by atoms with van der Waals surface area (Å²) < 4.78 is 0. The monoisotopic (exact) mass is 293 g/mol. The van der Waals surface area contributed by atoms with Gasteiger partial charge in [-0.1, -0.05) is 66.4 Å². The third-order valence-electron chi connectivity index (χ3n) is 3.13. The van der Waals surface area contributed by atoms with E-state index in [1.54, 1.807) is 24.2 Å². The van der Waals surface area contributed by atoms with Gasteiger partial charge >= 0.3 is 0 Å². The van der Waals surface area contributed by atoms with Crippen molar-refractivity contribution in [2.24, 2.45) is 0 Å². The summed E-state index contributed by atoms with van der Waals surface area (Å²) in [5, 5.41) is 0.782. The molecule has 0 fully saturated rings. The van der Waals surface area contributed by atoms with Gasteiger partial charge in [-0.2, -0.15) is 0 Å². The fourth-order valence-electron chi connectivity index (χ4n) is 2.02. The van der Waals surface area contributed by atoms with E-state index in [1.165, 1.54) is 16.7 Å². The normalized spacial score (nSPS) is 10.5. The second-order valence-electron chi connectivity index (χ2n) is 4.60. The molecule has 4 heteroatoms. The molecule has 0 radical (unpaired) electrons. The van der Waals surface area contributed by atoms with Crippen LogP contribution in [0.3, 0.4) is 0 Å². The molecule has 0 amide bonds. The van der Waals surface area contributed by atoms with Gasteiger partial charge in [0.25, 0.3) is 0 Å². The van der Waals surface area contributed by atoms with E-state index in [4.69, 9.17) is 5.73 Å². The molecular formula is C17H15N3S. The summed E-state index contributed by atoms with van der Waals surface area (Å²) in [6.07, 6.45) is 3.27. The van der Waals surface area contributed by atoms with Gasteiger partial charge in [-0.15, -0.1) is 0 Å². The lowest BCUT2D eigenvalue weighted by molar-refractivity contribution is 1.07. The molecule has 0 aliphatic heterocycles. The maximum absolute atomic E-state index is 5.79. The van der Waals surface area contributed by atoms with Crippen LogP contribution < -0.4 is 5.73 Å². The van der Waals surface area contributed by atoms with Gasteiger partial charge in [0.05, 0.1) is 0 Å². The summed E-state index contributed by atoms with van der Waals surface area (Å²) in [4.78, 5) is 8.27. The van der Waals surface area contributed by atoms with Crippen molar-refractivity contribution in [2.75, 3.05) is 5.73 Å². The number of hydrogen-bond acceptors (Lipinski definition) is 4. The molecular weight excluding hydrogens is 278 g/mol. The predicted molar refractivity (Wildman–Crippen MR) is 87.9 cm³/mol. The number of thioether (sulfide) groups is 1. The van der Waals surface area contributed by atoms with Gasteiger partial charge in [0.2, 0.25) is 0 Å². The van der Waals surface area contributed by atoms with Crippen molar-refractivity contribution in [3.8, 4) is 11.1 Å². The van der Waals surface area contributed by atoms with Crippen LogP contribution in [-0.2, 0) is 5.75 Å². The minimum absolute atomic E-state index is 0.489. The Morgan fingerprint density at radius 3 is 2.19 bits per heavy atom. The molecule has 0 aliphatic rings. The number of hydrogen-bond donors (Lipinski definition) is 1. The molecule has 0 aliphatic carbocycles. The first-order valence-corrected chi connectivity index (χ1v) is 7.65. The average molecular weight is 293 g/mol. The Morgan fingerprint density at radius 1 is 0.810 bits per heavy atom. The van der Waals surface area contributed by atoms with E-state index < -0.39 is 0 Å². The molecule has 3 aromatic rings. The topological polar surface area (TPSA) is 51.8 Å². The molecule has 1 heterocycles. The van der Waals surface area contributed by atoms with E-state index >= 15 is 0 Å². The molecule has 2 aromatic carbocycles. The van der Waals surface area contributed by atoms with E-state index in [1.807, 2.05) is 6.07 Å². The van der Waals surface area contributed by atoms with Gasteiger partial charge < -0.3 is 5.73 Å². The fourth-order valence-corrected chi connectivity index (χ4v) is 2.85. The third kappa shape index (κ3) is 3.41. The van der Waals surface area contributed by atoms with E-state index in [2.05, 4.69) is 58.5 Å². The van der Waals surface area contributed by atoms with Gasteiger partial charge in [0, 0.05) is 18.1 Å². The quantitative estimate of drug-likeness (QED) is 0.738. The lowest BCUT2D eigenvalue weighted by Gasteiger charge is -2.05. The van der Waals surface area contributed by atoms with Crippen LogP contribution in [0.5, 0.6) is 0 Å². The highest BCUT2D eigenvalue weighted by Crippen LogP contribution is 2.25. The molecule has 0 unspecified atom stereocenters. The molecule has 3 rings (SSSR count). The summed E-state index contributed by atoms with van der Waals surface area (Å²) in [5.41, 5.74) is 9.49. The van der Waals surface area contributed by atoms with Crippen molar-refractivity contribution < 1.29 is 0 Å². The molecule has 0 spiro atoms. The third-order valence-corrected chi connectivity index (χ3v) is 4.19. The Labute approximate surface area is 128 Å². The summed E-state index contributed by atoms with van der Waals surface area (Å²) in [6.45, 7) is 0. The average Bonchev–Trinajstić information content (AvgIpc) is 2.55. The van der Waals surface area contributed by atoms with Crippen molar-refractivity contribution in [1.82, 2.24) is 9.97 Å². The molecule has 0 saturated carbocycles. The van der Waals surface area contributed by atoms with E-state index in [9.17, 15) is 0 Å². The van der Waals surface area contributed by atoms with Gasteiger partial charge in [-0.05, 0) is 16.7 Å². The van der Waals surface area contributed by atoms with Crippen LogP contribution in [0.25, 0.3) is 11.1 Å². The standard InChI is InChI=1S/C17H15N3S/c18-16-17(20-11-10-19-16)21-12-13-6-8-15(9-7-13)14-4-2-1-3-5-14/h1-11H,12H2,(H2,18,19). The van der Waals surface area contributed by atoms with Crippen LogP contribution in [-0.4, -0.2) is 9.97 Å². The second kappa shape index (κ2) is 6.41. The van der Waals surface area contributed by atoms with Crippen LogP contribution in [0.1, 0.15) is 5.56 Å². The lowest BCUT2D eigenvalue weighted by atomic mass is 10.0. The van der Waals surface area contributed by atoms with Crippen molar-refractivity contribution in [3.05, 3.63) is 72.6 Å². The SMILES string of the molecule is Nc1nccnc1SCc1ccc(-c2ccccc2)cc1. The van der Waals surface area contributed by atoms with Gasteiger partial charge in [-0.25, -0.2) is 9.97 Å². The fraction of sp³-hybridized carbons (Fsp3) is 0.0588. The molecule has 0 saturated heterocycles. The number of nitrogen functional groups attached to an aromatic ring is 1. The minimum Gasteiger partial charge on any atom is -0.381 e. The second-order valence-corrected chi connectivity index (χ2v) is 5.56. The summed E-state index contributed by atoms with van der Waals surface area (Å²) in [7, 11) is 0. The highest BCUT2D eigenvalue weighted by atomic mass is 32.2. The Bertz CT molecular complexity index is 712. The molecule has 3 nitrogen and oxygen atoms in total. The Morgan fingerprint density at radius 2 is 1.48 bits per heavy atom. The first kappa shape index (κ1) is 13.6. The van der Waals surface area contributed by atoms with Crippen molar-refractivity contribution in [2.45, 2.75) is 10.8 Å². The van der Waals surface area contributed by atoms with E-state index in [-0.39, 0.29) is 0 Å². The van der Waals surface area contributed by atoms with Gasteiger partial charge in [0.1, 0.15) is 5.03 Å². The van der Waals surface area contributed by atoms with Crippen LogP contribution in [0, 0.1) is 0 Å². The molecule has 1 aromatic heterocycles. The van der Waals surface area contributed by atoms with Crippen molar-refractivity contribution in [1.29, 1.82) is 0 Å². The molecule has 0 bridgehead atoms. The molecule has 21 heavy (non-hydrogen) atoms. The maximum atomic E-state index is 5.79. The zero-order valence-corrected chi connectivity index (χ0v) is 12.3. The van der Waals surface area contributed by atoms with Crippen LogP contribution in [0.4, 0.5) is 5.82 Å². The Balaban J connectivity index is 1.69. The number of nitrogens with zero attached hydrogens (tertiary/aromatic N) is 2. The van der Waals surface area contributed by atoms with Crippen LogP contribution >= 0.6 is 11.8 Å². The summed E-state index contributed by atoms with van der Waals surface area (Å²) in [6, 6.07) is 18.9. The van der Waals surface area contributed by atoms with Gasteiger partial charge in [-0.3, -0.25) is 0 Å². The predicted octanol–water partition coefficient (Wildman–Crippen LogP) is 4.02. The maximum Gasteiger partial charge on any atom is 0.156 e. The largest absolute Gasteiger partial charge is 0.381 e. The number of rotatable bonds is 4. The highest BCUT2D eigenvalue weighted by Gasteiger charge is 2.03. The summed E-state index contributed by atoms with van der Waals surface area (Å²) >= 11 is 1.60. The smallest absolute Gasteiger partial charge is 0.156 e. The van der Waals surface area contributed by atoms with Crippen molar-refractivity contribution >= 4 is 17.6 Å². The first-order valence-electron chi connectivity index (χ1n) is 6.66. The van der Waals surface area contributed by atoms with Gasteiger partial charge in [0.15, 0.2) is 5.82 Å². The van der Waals surface area contributed by atoms with Crippen LogP contribution in [0.15, 0.2) is 72.0 Å². The zero-order valence-electron chi connectivity index (χ0n) is 11.4. The molecule has 104 valence electrons. The first-order chi connectivity index (χ1) is 10.3. The van der Waals surface area contributed by atoms with E-state index in [0.29, 0.717) is 5.82 Å². The number of benzene rings is 2. The molecule has 0 atom stereocenters. The lowest BCUT2D eigenvalue weighted by Crippen LogP contribution is -1.94. The summed E-state index contributed by atoms with van der Waals surface area (Å²) in [5.74, 6) is 1.32.